The van der Waals surface area contributed by atoms with Crippen molar-refractivity contribution in [1.29, 1.82) is 0 Å². The van der Waals surface area contributed by atoms with Crippen molar-refractivity contribution in [2.24, 2.45) is 11.7 Å². The van der Waals surface area contributed by atoms with Crippen molar-refractivity contribution in [2.75, 3.05) is 0 Å². The molecule has 4 nitrogen and oxygen atoms in total. The molecule has 0 aliphatic heterocycles. The van der Waals surface area contributed by atoms with Gasteiger partial charge in [-0.1, -0.05) is 64.7 Å². The number of carbonyl (C=O) groups is 1. The third kappa shape index (κ3) is 11.8. The summed E-state index contributed by atoms with van der Waals surface area (Å²) in [6, 6.07) is 0. The first-order chi connectivity index (χ1) is 13.7. The molecule has 29 heavy (non-hydrogen) atoms. The fraction of sp³-hybridized carbons (Fsp3) is 0.667. The Hall–Kier alpha value is -1.62. The number of aromatic nitrogens is 1. The first-order valence-electron chi connectivity index (χ1n) is 11.0. The molecule has 0 saturated heterocycles. The molecule has 1 amide bonds. The predicted molar refractivity (Wildman–Crippen MR) is 127 cm³/mol. The van der Waals surface area contributed by atoms with Crippen LogP contribution in [-0.4, -0.2) is 17.2 Å². The number of carbonyl (C=O) groups excluding carboxylic acids is 1. The molecule has 2 rings (SSSR count). The predicted octanol–water partition coefficient (Wildman–Crippen LogP) is 7.71. The SMILES string of the molecule is CC.CC(C)=C/C=C(/c1cnc(C2CCCCC2)s1)C(C)C.CC(C)OC(N)=O. The van der Waals surface area contributed by atoms with Gasteiger partial charge in [-0.3, -0.25) is 0 Å². The van der Waals surface area contributed by atoms with Gasteiger partial charge in [-0.25, -0.2) is 9.78 Å². The van der Waals surface area contributed by atoms with E-state index in [2.05, 4.69) is 56.5 Å². The minimum atomic E-state index is -0.713. The number of rotatable bonds is 5. The van der Waals surface area contributed by atoms with Crippen molar-refractivity contribution in [3.05, 3.63) is 33.8 Å². The highest BCUT2D eigenvalue weighted by atomic mass is 32.1. The quantitative estimate of drug-likeness (QED) is 0.494. The molecular weight excluding hydrogens is 380 g/mol. The fourth-order valence-electron chi connectivity index (χ4n) is 3.01. The highest BCUT2D eigenvalue weighted by Gasteiger charge is 2.19. The van der Waals surface area contributed by atoms with Crippen LogP contribution in [0.15, 0.2) is 23.9 Å². The highest BCUT2D eigenvalue weighted by Crippen LogP contribution is 2.37. The summed E-state index contributed by atoms with van der Waals surface area (Å²) in [4.78, 5) is 15.9. The number of thiazole rings is 1. The molecule has 0 aromatic carbocycles. The largest absolute Gasteiger partial charge is 0.447 e. The summed E-state index contributed by atoms with van der Waals surface area (Å²) in [6.07, 6.45) is 12.6. The van der Waals surface area contributed by atoms with E-state index in [9.17, 15) is 4.79 Å². The second-order valence-electron chi connectivity index (χ2n) is 7.90. The summed E-state index contributed by atoms with van der Waals surface area (Å²) >= 11 is 1.92. The Kier molecular flexibility index (Phi) is 14.4. The van der Waals surface area contributed by atoms with E-state index in [1.165, 1.54) is 53.1 Å². The lowest BCUT2D eigenvalue weighted by Crippen LogP contribution is -2.17. The number of nitrogens with zero attached hydrogens (tertiary/aromatic N) is 1. The number of ether oxygens (including phenoxy) is 1. The van der Waals surface area contributed by atoms with E-state index >= 15 is 0 Å². The standard InChI is InChI=1S/C18H27NS.C4H9NO2.C2H6/c1-13(2)10-11-16(14(3)4)17-12-19-18(20-17)15-8-6-5-7-9-15;1-3(2)7-4(5)6;1-2/h10-12,14-15H,5-9H2,1-4H3;3H,1-2H3,(H2,5,6);1-2H3/b16-11+;;. The van der Waals surface area contributed by atoms with Gasteiger partial charge in [0.15, 0.2) is 0 Å². The lowest BCUT2D eigenvalue weighted by molar-refractivity contribution is 0.125. The van der Waals surface area contributed by atoms with E-state index < -0.39 is 6.09 Å². The van der Waals surface area contributed by atoms with Gasteiger partial charge in [0.2, 0.25) is 0 Å². The van der Waals surface area contributed by atoms with Crippen LogP contribution in [0.1, 0.15) is 103 Å². The Labute approximate surface area is 182 Å². The van der Waals surface area contributed by atoms with Crippen molar-refractivity contribution in [2.45, 2.75) is 99.5 Å². The Bertz CT molecular complexity index is 635. The Morgan fingerprint density at radius 1 is 1.14 bits per heavy atom. The molecule has 1 aromatic rings. The molecule has 1 fully saturated rings. The number of hydrogen-bond donors (Lipinski definition) is 1. The first kappa shape index (κ1) is 27.4. The minimum Gasteiger partial charge on any atom is -0.447 e. The van der Waals surface area contributed by atoms with Crippen LogP contribution in [0.5, 0.6) is 0 Å². The molecule has 0 unspecified atom stereocenters. The average molecular weight is 423 g/mol. The van der Waals surface area contributed by atoms with E-state index in [0.29, 0.717) is 5.92 Å². The molecule has 1 aliphatic carbocycles. The van der Waals surface area contributed by atoms with Crippen LogP contribution in [0.3, 0.4) is 0 Å². The molecule has 5 heteroatoms. The van der Waals surface area contributed by atoms with Crippen molar-refractivity contribution in [3.63, 3.8) is 0 Å². The molecule has 1 heterocycles. The van der Waals surface area contributed by atoms with E-state index in [1.807, 2.05) is 25.2 Å². The monoisotopic (exact) mass is 422 g/mol. The maximum Gasteiger partial charge on any atom is 0.404 e. The molecular formula is C24H42N2O2S. The molecule has 0 radical (unpaired) electrons. The smallest absolute Gasteiger partial charge is 0.404 e. The molecule has 1 aliphatic rings. The van der Waals surface area contributed by atoms with Crippen LogP contribution in [0.25, 0.3) is 5.57 Å². The summed E-state index contributed by atoms with van der Waals surface area (Å²) in [5, 5.41) is 1.36. The van der Waals surface area contributed by atoms with Gasteiger partial charge in [-0.2, -0.15) is 0 Å². The summed E-state index contributed by atoms with van der Waals surface area (Å²) < 4.78 is 4.39. The number of allylic oxidation sites excluding steroid dienone is 4. The van der Waals surface area contributed by atoms with Crippen LogP contribution in [0.4, 0.5) is 4.79 Å². The van der Waals surface area contributed by atoms with Gasteiger partial charge >= 0.3 is 6.09 Å². The fourth-order valence-corrected chi connectivity index (χ4v) is 4.27. The number of amides is 1. The number of hydrogen-bond acceptors (Lipinski definition) is 4. The third-order valence-corrected chi connectivity index (χ3v) is 5.54. The van der Waals surface area contributed by atoms with Crippen LogP contribution < -0.4 is 5.73 Å². The summed E-state index contributed by atoms with van der Waals surface area (Å²) in [5.74, 6) is 1.27. The zero-order valence-corrected chi connectivity index (χ0v) is 20.6. The Balaban J connectivity index is 0.000000740. The van der Waals surface area contributed by atoms with Gasteiger partial charge < -0.3 is 10.5 Å². The molecule has 166 valence electrons. The van der Waals surface area contributed by atoms with Crippen LogP contribution >= 0.6 is 11.3 Å². The molecule has 0 atom stereocenters. The third-order valence-electron chi connectivity index (χ3n) is 4.33. The average Bonchev–Trinajstić information content (AvgIpc) is 3.13. The number of primary amides is 1. The maximum atomic E-state index is 9.81. The maximum absolute atomic E-state index is 9.81. The zero-order chi connectivity index (χ0) is 22.4. The van der Waals surface area contributed by atoms with Crippen molar-refractivity contribution in [1.82, 2.24) is 4.98 Å². The van der Waals surface area contributed by atoms with Gasteiger partial charge in [0.05, 0.1) is 16.0 Å². The topological polar surface area (TPSA) is 65.2 Å². The first-order valence-corrected chi connectivity index (χ1v) is 11.8. The normalized spacial score (nSPS) is 14.5. The summed E-state index contributed by atoms with van der Waals surface area (Å²) in [6.45, 7) is 16.3. The van der Waals surface area contributed by atoms with Gasteiger partial charge in [-0.05, 0) is 52.0 Å². The Morgan fingerprint density at radius 3 is 2.14 bits per heavy atom. The van der Waals surface area contributed by atoms with Crippen molar-refractivity contribution < 1.29 is 9.53 Å². The van der Waals surface area contributed by atoms with Gasteiger partial charge in [-0.15, -0.1) is 11.3 Å². The molecule has 1 saturated carbocycles. The Morgan fingerprint density at radius 2 is 1.72 bits per heavy atom. The second kappa shape index (κ2) is 15.3. The lowest BCUT2D eigenvalue weighted by atomic mass is 9.90. The van der Waals surface area contributed by atoms with E-state index in [0.717, 1.165) is 5.92 Å². The molecule has 0 spiro atoms. The van der Waals surface area contributed by atoms with Gasteiger partial charge in [0.1, 0.15) is 0 Å². The second-order valence-corrected chi connectivity index (χ2v) is 8.97. The van der Waals surface area contributed by atoms with E-state index in [-0.39, 0.29) is 6.10 Å². The summed E-state index contributed by atoms with van der Waals surface area (Å²) in [5.41, 5.74) is 7.40. The zero-order valence-electron chi connectivity index (χ0n) is 19.7. The molecule has 0 bridgehead atoms. The summed E-state index contributed by atoms with van der Waals surface area (Å²) in [7, 11) is 0. The minimum absolute atomic E-state index is 0.0995. The van der Waals surface area contributed by atoms with Gasteiger partial charge in [0.25, 0.3) is 0 Å². The van der Waals surface area contributed by atoms with Crippen LogP contribution in [0, 0.1) is 5.92 Å². The van der Waals surface area contributed by atoms with E-state index in [1.54, 1.807) is 13.8 Å². The number of nitrogens with two attached hydrogens (primary N) is 1. The van der Waals surface area contributed by atoms with Crippen molar-refractivity contribution >= 4 is 23.0 Å². The molecule has 1 aromatic heterocycles. The van der Waals surface area contributed by atoms with Gasteiger partial charge in [0, 0.05) is 12.1 Å². The van der Waals surface area contributed by atoms with Crippen LogP contribution in [0.2, 0.25) is 0 Å². The highest BCUT2D eigenvalue weighted by molar-refractivity contribution is 7.12. The lowest BCUT2D eigenvalue weighted by Gasteiger charge is -2.19. The van der Waals surface area contributed by atoms with Crippen molar-refractivity contribution in [3.8, 4) is 0 Å². The van der Waals surface area contributed by atoms with Crippen LogP contribution in [-0.2, 0) is 4.74 Å². The van der Waals surface area contributed by atoms with E-state index in [4.69, 9.17) is 4.98 Å². The molecule has 2 N–H and O–H groups in total.